The van der Waals surface area contributed by atoms with Gasteiger partial charge in [-0.15, -0.1) is 0 Å². The first-order valence-electron chi connectivity index (χ1n) is 12.0. The summed E-state index contributed by atoms with van der Waals surface area (Å²) in [5, 5.41) is -0.413. The van der Waals surface area contributed by atoms with Crippen LogP contribution in [0.25, 0.3) is 16.7 Å². The Morgan fingerprint density at radius 2 is 1.74 bits per heavy atom. The smallest absolute Gasteiger partial charge is 0.421 e. The third-order valence-corrected chi connectivity index (χ3v) is 7.65. The van der Waals surface area contributed by atoms with Crippen LogP contribution in [-0.4, -0.2) is 30.2 Å². The van der Waals surface area contributed by atoms with Crippen LogP contribution in [-0.2, 0) is 33.8 Å². The van der Waals surface area contributed by atoms with E-state index in [2.05, 4.69) is 4.98 Å². The first-order valence-corrected chi connectivity index (χ1v) is 13.8. The maximum Gasteiger partial charge on any atom is 0.421 e. The molecule has 1 amide bonds. The lowest BCUT2D eigenvalue weighted by Crippen LogP contribution is -2.33. The van der Waals surface area contributed by atoms with Crippen LogP contribution in [0.4, 0.5) is 18.0 Å². The van der Waals surface area contributed by atoms with Crippen LogP contribution in [0.5, 0.6) is 0 Å². The van der Waals surface area contributed by atoms with Crippen molar-refractivity contribution < 1.29 is 31.1 Å². The summed E-state index contributed by atoms with van der Waals surface area (Å²) in [6.07, 6.45) is -5.56. The number of hydrogen-bond donors (Lipinski definition) is 1. The van der Waals surface area contributed by atoms with Crippen LogP contribution in [0, 0.1) is 6.92 Å². The van der Waals surface area contributed by atoms with Crippen molar-refractivity contribution in [3.05, 3.63) is 88.2 Å². The SMILES string of the molecule is CCc1nc2cc(C(F)(F)F)c(Cl)cc2n1-c1ccc(C[C@H](C)OC(=O)NS(=O)(=O)c2ccc(C)cc2)cc1. The summed E-state index contributed by atoms with van der Waals surface area (Å²) in [5.41, 5.74) is 2.03. The van der Waals surface area contributed by atoms with Crippen molar-refractivity contribution in [3.63, 3.8) is 0 Å². The molecule has 0 aliphatic heterocycles. The Bertz CT molecular complexity index is 1620. The highest BCUT2D eigenvalue weighted by atomic mass is 35.5. The molecule has 39 heavy (non-hydrogen) atoms. The summed E-state index contributed by atoms with van der Waals surface area (Å²) in [5.74, 6) is 0.566. The van der Waals surface area contributed by atoms with E-state index < -0.39 is 39.0 Å². The van der Waals surface area contributed by atoms with Gasteiger partial charge in [-0.1, -0.05) is 48.4 Å². The minimum Gasteiger partial charge on any atom is -0.445 e. The molecule has 1 aromatic heterocycles. The molecule has 0 fully saturated rings. The molecule has 1 N–H and O–H groups in total. The molecule has 206 valence electrons. The normalized spacial score (nSPS) is 12.9. The van der Waals surface area contributed by atoms with E-state index in [1.807, 2.05) is 18.6 Å². The van der Waals surface area contributed by atoms with Crippen LogP contribution >= 0.6 is 11.6 Å². The quantitative estimate of drug-likeness (QED) is 0.266. The zero-order valence-corrected chi connectivity index (χ0v) is 22.8. The highest BCUT2D eigenvalue weighted by Crippen LogP contribution is 2.37. The lowest BCUT2D eigenvalue weighted by molar-refractivity contribution is -0.137. The molecule has 0 aliphatic carbocycles. The molecule has 7 nitrogen and oxygen atoms in total. The Morgan fingerprint density at radius 1 is 1.10 bits per heavy atom. The molecular weight excluding hydrogens is 555 g/mol. The average Bonchev–Trinajstić information content (AvgIpc) is 3.20. The van der Waals surface area contributed by atoms with Crippen molar-refractivity contribution in [1.82, 2.24) is 14.3 Å². The molecule has 4 aromatic rings. The fourth-order valence-corrected chi connectivity index (χ4v) is 5.28. The molecule has 0 saturated heterocycles. The number of aryl methyl sites for hydroxylation is 2. The van der Waals surface area contributed by atoms with Crippen molar-refractivity contribution in [2.75, 3.05) is 0 Å². The lowest BCUT2D eigenvalue weighted by Gasteiger charge is -2.15. The van der Waals surface area contributed by atoms with E-state index in [4.69, 9.17) is 16.3 Å². The van der Waals surface area contributed by atoms with Gasteiger partial charge in [-0.3, -0.25) is 4.57 Å². The van der Waals surface area contributed by atoms with Gasteiger partial charge < -0.3 is 4.74 Å². The molecule has 0 aliphatic rings. The molecule has 3 aromatic carbocycles. The number of hydrogen-bond acceptors (Lipinski definition) is 5. The van der Waals surface area contributed by atoms with Gasteiger partial charge in [-0.25, -0.2) is 22.9 Å². The van der Waals surface area contributed by atoms with E-state index in [-0.39, 0.29) is 10.4 Å². The van der Waals surface area contributed by atoms with Crippen molar-refractivity contribution in [3.8, 4) is 5.69 Å². The summed E-state index contributed by atoms with van der Waals surface area (Å²) < 4.78 is 73.6. The molecule has 0 bridgehead atoms. The van der Waals surface area contributed by atoms with Crippen molar-refractivity contribution in [2.45, 2.75) is 50.8 Å². The fourth-order valence-electron chi connectivity index (χ4n) is 4.14. The molecule has 0 unspecified atom stereocenters. The predicted molar refractivity (Wildman–Crippen MR) is 142 cm³/mol. The third-order valence-electron chi connectivity index (χ3n) is 6.01. The number of imidazole rings is 1. The summed E-state index contributed by atoms with van der Waals surface area (Å²) in [6.45, 7) is 5.29. The van der Waals surface area contributed by atoms with Gasteiger partial charge in [0, 0.05) is 18.5 Å². The molecule has 1 atom stereocenters. The number of sulfonamides is 1. The topological polar surface area (TPSA) is 90.3 Å². The average molecular weight is 580 g/mol. The summed E-state index contributed by atoms with van der Waals surface area (Å²) in [7, 11) is -4.07. The van der Waals surface area contributed by atoms with E-state index in [0.29, 0.717) is 29.9 Å². The second-order valence-corrected chi connectivity index (χ2v) is 11.1. The maximum atomic E-state index is 13.3. The maximum absolute atomic E-state index is 13.3. The minimum atomic E-state index is -4.59. The summed E-state index contributed by atoms with van der Waals surface area (Å²) >= 11 is 5.96. The minimum absolute atomic E-state index is 0.0531. The first-order chi connectivity index (χ1) is 18.3. The van der Waals surface area contributed by atoms with Gasteiger partial charge in [-0.05, 0) is 55.8 Å². The van der Waals surface area contributed by atoms with Crippen LogP contribution in [0.3, 0.4) is 0 Å². The van der Waals surface area contributed by atoms with Gasteiger partial charge >= 0.3 is 12.3 Å². The third kappa shape index (κ3) is 6.36. The Kier molecular flexibility index (Phi) is 7.94. The van der Waals surface area contributed by atoms with Crippen molar-refractivity contribution in [1.29, 1.82) is 0 Å². The molecule has 0 radical (unpaired) electrons. The second-order valence-electron chi connectivity index (χ2n) is 9.04. The number of nitrogens with one attached hydrogen (secondary N) is 1. The molecule has 4 rings (SSSR count). The Morgan fingerprint density at radius 3 is 2.33 bits per heavy atom. The Hall–Kier alpha value is -3.57. The van der Waals surface area contributed by atoms with Gasteiger partial charge in [-0.2, -0.15) is 13.2 Å². The standard InChI is InChI=1S/C27H25ClF3N3O4S/c1-4-25-32-23-14-21(27(29,30)31)22(28)15-24(23)34(25)19-9-7-18(8-10-19)13-17(3)38-26(35)33-39(36,37)20-11-5-16(2)6-12-20/h5-12,14-15,17H,4,13H2,1-3H3,(H,33,35)/t17-/m0/s1. The van der Waals surface area contributed by atoms with Crippen LogP contribution in [0.15, 0.2) is 65.6 Å². The largest absolute Gasteiger partial charge is 0.445 e. The van der Waals surface area contributed by atoms with Crippen molar-refractivity contribution in [2.24, 2.45) is 0 Å². The predicted octanol–water partition coefficient (Wildman–Crippen LogP) is 6.61. The monoisotopic (exact) mass is 579 g/mol. The van der Waals surface area contributed by atoms with Crippen LogP contribution in [0.1, 0.15) is 36.4 Å². The zero-order chi connectivity index (χ0) is 28.5. The van der Waals surface area contributed by atoms with Gasteiger partial charge in [0.2, 0.25) is 0 Å². The molecule has 1 heterocycles. The highest BCUT2D eigenvalue weighted by molar-refractivity contribution is 7.90. The number of aromatic nitrogens is 2. The number of ether oxygens (including phenoxy) is 1. The summed E-state index contributed by atoms with van der Waals surface area (Å²) in [6, 6.07) is 15.4. The van der Waals surface area contributed by atoms with Gasteiger partial charge in [0.15, 0.2) is 0 Å². The van der Waals surface area contributed by atoms with E-state index in [9.17, 15) is 26.4 Å². The number of halogens is 4. The number of alkyl halides is 3. The lowest BCUT2D eigenvalue weighted by atomic mass is 10.1. The number of benzene rings is 3. The number of carbonyl (C=O) groups is 1. The van der Waals surface area contributed by atoms with Crippen LogP contribution in [0.2, 0.25) is 5.02 Å². The molecule has 0 spiro atoms. The van der Waals surface area contributed by atoms with E-state index in [0.717, 1.165) is 17.2 Å². The van der Waals surface area contributed by atoms with E-state index in [1.54, 1.807) is 47.9 Å². The van der Waals surface area contributed by atoms with E-state index in [1.165, 1.54) is 18.2 Å². The van der Waals surface area contributed by atoms with Gasteiger partial charge in [0.1, 0.15) is 11.9 Å². The first kappa shape index (κ1) is 28.4. The molecular formula is C27H25ClF3N3O4S. The highest BCUT2D eigenvalue weighted by Gasteiger charge is 2.34. The fraction of sp³-hybridized carbons (Fsp3) is 0.259. The van der Waals surface area contributed by atoms with Gasteiger partial charge in [0.25, 0.3) is 10.0 Å². The number of carbonyl (C=O) groups excluding carboxylic acids is 1. The Labute approximate surface area is 228 Å². The Balaban J connectivity index is 1.48. The second kappa shape index (κ2) is 10.9. The number of fused-ring (bicyclic) bond motifs is 1. The number of nitrogens with zero attached hydrogens (tertiary/aromatic N) is 2. The number of amides is 1. The molecule has 12 heteroatoms. The van der Waals surface area contributed by atoms with Gasteiger partial charge in [0.05, 0.1) is 26.5 Å². The van der Waals surface area contributed by atoms with Crippen molar-refractivity contribution >= 4 is 38.8 Å². The molecule has 0 saturated carbocycles. The summed E-state index contributed by atoms with van der Waals surface area (Å²) in [4.78, 5) is 16.5. The van der Waals surface area contributed by atoms with Crippen LogP contribution < -0.4 is 4.72 Å². The van der Waals surface area contributed by atoms with E-state index >= 15 is 0 Å². The zero-order valence-electron chi connectivity index (χ0n) is 21.2. The number of rotatable bonds is 7.